The highest BCUT2D eigenvalue weighted by molar-refractivity contribution is 7.22. The van der Waals surface area contributed by atoms with Crippen LogP contribution in [-0.2, 0) is 38.7 Å². The molecule has 7 aromatic rings. The molecule has 19 nitrogen and oxygen atoms in total. The van der Waals surface area contributed by atoms with E-state index in [2.05, 4.69) is 52.2 Å². The number of fused-ring (bicyclic) bond motifs is 2. The number of para-hydroxylation sites is 1. The maximum Gasteiger partial charge on any atom is 0.270 e. The number of aromatic nitrogens is 5. The lowest BCUT2D eigenvalue weighted by molar-refractivity contribution is -0.145. The van der Waals surface area contributed by atoms with Crippen molar-refractivity contribution >= 4 is 79.3 Å². The zero-order valence-electron chi connectivity index (χ0n) is 51.2. The minimum Gasteiger partial charge on any atom is -0.391 e. The lowest BCUT2D eigenvalue weighted by atomic mass is 9.85. The number of amides is 6. The van der Waals surface area contributed by atoms with E-state index < -0.39 is 53.0 Å². The van der Waals surface area contributed by atoms with Crippen molar-refractivity contribution < 1.29 is 38.3 Å². The van der Waals surface area contributed by atoms with E-state index in [1.807, 2.05) is 92.8 Å². The molecule has 0 spiro atoms. The normalized spacial score (nSPS) is 18.0. The highest BCUT2D eigenvalue weighted by atomic mass is 32.1. The summed E-state index contributed by atoms with van der Waals surface area (Å²) < 4.78 is 17.9. The summed E-state index contributed by atoms with van der Waals surface area (Å²) >= 11 is 2.93. The number of carbonyl (C=O) groups is 6. The number of benzene rings is 3. The number of carbonyl (C=O) groups excluding carboxylic acids is 6. The molecule has 4 atom stereocenters. The summed E-state index contributed by atoms with van der Waals surface area (Å²) in [5.74, 6) is -1.77. The van der Waals surface area contributed by atoms with Crippen LogP contribution < -0.4 is 31.5 Å². The molecule has 6 heterocycles. The number of anilines is 2. The van der Waals surface area contributed by atoms with Crippen molar-refractivity contribution in [3.8, 4) is 21.6 Å². The molecule has 0 unspecified atom stereocenters. The third kappa shape index (κ3) is 14.6. The number of unbranched alkanes of at least 4 members (excludes halogenated alkanes) is 2. The molecule has 6 amide bonds. The second-order valence-electron chi connectivity index (χ2n) is 25.4. The molecule has 6 N–H and O–H groups in total. The van der Waals surface area contributed by atoms with E-state index in [0.29, 0.717) is 85.4 Å². The first-order valence-corrected chi connectivity index (χ1v) is 32.9. The van der Waals surface area contributed by atoms with Crippen LogP contribution in [0.5, 0.6) is 0 Å². The Balaban J connectivity index is 0.735. The molecule has 3 aromatic carbocycles. The molecule has 0 bridgehead atoms. The van der Waals surface area contributed by atoms with Crippen LogP contribution in [0, 0.1) is 25.2 Å². The molecule has 1 saturated heterocycles. The van der Waals surface area contributed by atoms with Crippen LogP contribution in [0.2, 0.25) is 0 Å². The number of alkyl halides is 1. The van der Waals surface area contributed by atoms with E-state index in [-0.39, 0.29) is 55.6 Å². The summed E-state index contributed by atoms with van der Waals surface area (Å²) in [4.78, 5) is 102. The Labute approximate surface area is 526 Å². The number of aliphatic hydroxyl groups excluding tert-OH is 1. The van der Waals surface area contributed by atoms with Crippen LogP contribution in [0.25, 0.3) is 31.8 Å². The van der Waals surface area contributed by atoms with Gasteiger partial charge in [0.15, 0.2) is 10.8 Å². The number of hydrogen-bond donors (Lipinski definition) is 6. The zero-order chi connectivity index (χ0) is 62.6. The van der Waals surface area contributed by atoms with E-state index in [0.717, 1.165) is 55.3 Å². The number of nitrogens with one attached hydrogen (secondary N) is 5. The molecular weight excluding hydrogens is 1170 g/mol. The predicted octanol–water partition coefficient (Wildman–Crippen LogP) is 9.95. The summed E-state index contributed by atoms with van der Waals surface area (Å²) in [5.41, 5.74) is 7.48. The average Bonchev–Trinajstić information content (AvgIpc) is 1.93. The van der Waals surface area contributed by atoms with Crippen LogP contribution in [0.15, 0.2) is 90.6 Å². The van der Waals surface area contributed by atoms with Gasteiger partial charge in [0.05, 0.1) is 51.1 Å². The number of pyridine rings is 1. The van der Waals surface area contributed by atoms with Crippen LogP contribution in [0.3, 0.4) is 0 Å². The highest BCUT2D eigenvalue weighted by Gasteiger charge is 2.53. The Morgan fingerprint density at radius 2 is 1.61 bits per heavy atom. The van der Waals surface area contributed by atoms with Gasteiger partial charge < -0.3 is 36.2 Å². The van der Waals surface area contributed by atoms with Crippen LogP contribution in [0.4, 0.5) is 15.3 Å². The fraction of sp³-hybridized carbons (Fsp3) is 0.463. The fourth-order valence-electron chi connectivity index (χ4n) is 12.5. The highest BCUT2D eigenvalue weighted by Crippen LogP contribution is 2.41. The van der Waals surface area contributed by atoms with Gasteiger partial charge in [-0.1, -0.05) is 99.9 Å². The average molecular weight is 1250 g/mol. The topological polar surface area (TPSA) is 246 Å². The quantitative estimate of drug-likeness (QED) is 0.0347. The van der Waals surface area contributed by atoms with E-state index in [4.69, 9.17) is 10.1 Å². The van der Waals surface area contributed by atoms with Crippen molar-refractivity contribution in [3.05, 3.63) is 130 Å². The van der Waals surface area contributed by atoms with E-state index in [1.54, 1.807) is 26.3 Å². The standard InChI is InChI=1S/C67H79FN12O7S2/c1-40-58(88-39-71-40)45-23-21-44(22-24-45)52(73-61(84)53-33-46(81)37-79(53)63(86)59(66(3,4)5)76-64(87)67(68)28-29-67)34-56(82)69-30-12-7-13-31-70-62(85)57-47(49-35-72-80(41(49)2)36-42-15-8-6-9-16-42)25-26-55(75-57)78-32-27-43-17-14-18-48(50(43)38-78)60(83)77-65-74-51-19-10-11-20-54(51)89-65/h10-11,14,17-26,35,39,42,46,52-53,59,81H,6-9,12-13,15-16,27-34,36-38H2,1-5H3,(H,69,82)(H,70,85)(H,73,84)(H,76,87)(H,74,77,83)/t46-,52+,53+,59-/m1/s1. The molecular formula is C67H79FN12O7S2. The van der Waals surface area contributed by atoms with Crippen LogP contribution in [-0.4, -0.2) is 120 Å². The van der Waals surface area contributed by atoms with Gasteiger partial charge in [-0.05, 0) is 129 Å². The Morgan fingerprint density at radius 1 is 0.843 bits per heavy atom. The van der Waals surface area contributed by atoms with Gasteiger partial charge in [-0.3, -0.25) is 38.8 Å². The molecule has 2 aliphatic heterocycles. The van der Waals surface area contributed by atoms with Crippen LogP contribution in [0.1, 0.15) is 153 Å². The van der Waals surface area contributed by atoms with Gasteiger partial charge in [0, 0.05) is 68.1 Å². The minimum atomic E-state index is -2.03. The van der Waals surface area contributed by atoms with Gasteiger partial charge >= 0.3 is 0 Å². The van der Waals surface area contributed by atoms with Crippen molar-refractivity contribution in [2.45, 2.75) is 161 Å². The zero-order valence-corrected chi connectivity index (χ0v) is 52.8. The first-order valence-electron chi connectivity index (χ1n) is 31.2. The second kappa shape index (κ2) is 27.0. The first-order chi connectivity index (χ1) is 42.8. The molecule has 89 heavy (non-hydrogen) atoms. The van der Waals surface area contributed by atoms with E-state index >= 15 is 0 Å². The maximum absolute atomic E-state index is 14.9. The summed E-state index contributed by atoms with van der Waals surface area (Å²) in [7, 11) is 0. The smallest absolute Gasteiger partial charge is 0.270 e. The summed E-state index contributed by atoms with van der Waals surface area (Å²) in [5, 5.41) is 31.1. The van der Waals surface area contributed by atoms with Gasteiger partial charge in [-0.25, -0.2) is 19.3 Å². The van der Waals surface area contributed by atoms with Crippen molar-refractivity contribution in [1.29, 1.82) is 0 Å². The molecule has 4 aromatic heterocycles. The Morgan fingerprint density at radius 3 is 2.34 bits per heavy atom. The largest absolute Gasteiger partial charge is 0.391 e. The van der Waals surface area contributed by atoms with E-state index in [1.165, 1.54) is 59.7 Å². The van der Waals surface area contributed by atoms with Gasteiger partial charge in [0.1, 0.15) is 23.6 Å². The van der Waals surface area contributed by atoms with Gasteiger partial charge in [-0.15, -0.1) is 11.3 Å². The summed E-state index contributed by atoms with van der Waals surface area (Å²) in [6.07, 6.45) is 9.36. The Hall–Kier alpha value is -7.95. The number of aryl methyl sites for hydroxylation is 1. The number of thiazole rings is 2. The van der Waals surface area contributed by atoms with E-state index in [9.17, 15) is 38.3 Å². The molecule has 11 rings (SSSR count). The van der Waals surface area contributed by atoms with Gasteiger partial charge in [-0.2, -0.15) is 5.10 Å². The molecule has 2 aliphatic carbocycles. The van der Waals surface area contributed by atoms with Crippen molar-refractivity contribution in [2.75, 3.05) is 36.4 Å². The number of aliphatic hydroxyl groups is 1. The fourth-order valence-corrected chi connectivity index (χ4v) is 14.2. The number of likely N-dealkylation sites (tertiary alicyclic amines) is 1. The number of nitrogens with zero attached hydrogens (tertiary/aromatic N) is 7. The number of hydrogen-bond acceptors (Lipinski definition) is 14. The molecule has 4 aliphatic rings. The SMILES string of the molecule is Cc1ncsc1-c1ccc([C@H](CC(=O)NCCCCCNC(=O)c2nc(N3CCc4cccc(C(=O)Nc5nc6ccccc6s5)c4C3)ccc2-c2cnn(CC3CCCCC3)c2C)NC(=O)[C@@H]2C[C@@H](O)CN2C(=O)[C@@H](NC(=O)C2(F)CC2)C(C)(C)C)cc1. The second-order valence-corrected chi connectivity index (χ2v) is 27.3. The first kappa shape index (κ1) is 62.6. The molecule has 0 radical (unpaired) electrons. The minimum absolute atomic E-state index is 0.0691. The summed E-state index contributed by atoms with van der Waals surface area (Å²) in [6.45, 7) is 11.6. The lowest BCUT2D eigenvalue weighted by Crippen LogP contribution is -2.59. The maximum atomic E-state index is 14.9. The number of β-amino-alcohol motifs (C(OH)–C–C–N with tert-alkyl or cyclic N) is 1. The third-order valence-corrected chi connectivity index (χ3v) is 19.8. The van der Waals surface area contributed by atoms with Crippen molar-refractivity contribution in [2.24, 2.45) is 11.3 Å². The monoisotopic (exact) mass is 1250 g/mol. The molecule has 2 saturated carbocycles. The Kier molecular flexibility index (Phi) is 19.0. The van der Waals surface area contributed by atoms with Gasteiger partial charge in [0.2, 0.25) is 17.7 Å². The molecule has 22 heteroatoms. The Bertz CT molecular complexity index is 3720. The van der Waals surface area contributed by atoms with Crippen molar-refractivity contribution in [1.82, 2.24) is 50.9 Å². The van der Waals surface area contributed by atoms with Crippen molar-refractivity contribution in [3.63, 3.8) is 0 Å². The summed E-state index contributed by atoms with van der Waals surface area (Å²) in [6, 6.07) is 21.9. The number of rotatable bonds is 22. The third-order valence-electron chi connectivity index (χ3n) is 17.8. The van der Waals surface area contributed by atoms with Gasteiger partial charge in [0.25, 0.3) is 17.7 Å². The molecule has 3 fully saturated rings. The predicted molar refractivity (Wildman–Crippen MR) is 343 cm³/mol. The molecule has 468 valence electrons. The van der Waals surface area contributed by atoms with Crippen LogP contribution >= 0.6 is 22.7 Å². The lowest BCUT2D eigenvalue weighted by Gasteiger charge is -2.36. The number of halogens is 1.